The molecule has 1 aliphatic rings. The van der Waals surface area contributed by atoms with Crippen molar-refractivity contribution in [3.63, 3.8) is 0 Å². The average Bonchev–Trinajstić information content (AvgIpc) is 3.37. The SMILES string of the molecule is Cc1cccc(-n2cc(-c3ccccc3)c3c(N4CCN(C(=O)/C=C/c5ccccc5)CC4)ncnc32)c1. The van der Waals surface area contributed by atoms with Gasteiger partial charge in [-0.25, -0.2) is 9.97 Å². The van der Waals surface area contributed by atoms with Gasteiger partial charge in [-0.1, -0.05) is 72.8 Å². The number of hydrogen-bond acceptors (Lipinski definition) is 4. The van der Waals surface area contributed by atoms with Crippen molar-refractivity contribution in [2.45, 2.75) is 6.92 Å². The van der Waals surface area contributed by atoms with E-state index in [1.165, 1.54) is 5.56 Å². The Labute approximate surface area is 222 Å². The summed E-state index contributed by atoms with van der Waals surface area (Å²) >= 11 is 0. The number of aromatic nitrogens is 3. The lowest BCUT2D eigenvalue weighted by molar-refractivity contribution is -0.126. The van der Waals surface area contributed by atoms with Crippen molar-refractivity contribution >= 4 is 28.8 Å². The predicted molar refractivity (Wildman–Crippen MR) is 153 cm³/mol. The minimum absolute atomic E-state index is 0.0388. The number of carbonyl (C=O) groups excluding carboxylic acids is 1. The lowest BCUT2D eigenvalue weighted by Crippen LogP contribution is -2.48. The molecule has 1 aliphatic heterocycles. The van der Waals surface area contributed by atoms with Crippen LogP contribution in [-0.2, 0) is 4.79 Å². The zero-order valence-corrected chi connectivity index (χ0v) is 21.4. The second-order valence-corrected chi connectivity index (χ2v) is 9.57. The molecule has 6 nitrogen and oxygen atoms in total. The first-order chi connectivity index (χ1) is 18.7. The van der Waals surface area contributed by atoms with E-state index in [9.17, 15) is 4.79 Å². The molecule has 2 aromatic heterocycles. The van der Waals surface area contributed by atoms with Crippen molar-refractivity contribution < 1.29 is 4.79 Å². The Hall–Kier alpha value is -4.71. The summed E-state index contributed by atoms with van der Waals surface area (Å²) in [7, 11) is 0. The summed E-state index contributed by atoms with van der Waals surface area (Å²) in [6.07, 6.45) is 7.37. The zero-order valence-electron chi connectivity index (χ0n) is 21.4. The zero-order chi connectivity index (χ0) is 25.9. The van der Waals surface area contributed by atoms with Crippen molar-refractivity contribution in [1.29, 1.82) is 0 Å². The summed E-state index contributed by atoms with van der Waals surface area (Å²) in [5.74, 6) is 0.948. The third kappa shape index (κ3) is 4.68. The Kier molecular flexibility index (Phi) is 6.44. The van der Waals surface area contributed by atoms with Crippen molar-refractivity contribution in [1.82, 2.24) is 19.4 Å². The van der Waals surface area contributed by atoms with Crippen LogP contribution < -0.4 is 4.90 Å². The number of amides is 1. The lowest BCUT2D eigenvalue weighted by atomic mass is 10.1. The highest BCUT2D eigenvalue weighted by Crippen LogP contribution is 2.37. The Morgan fingerprint density at radius 2 is 1.58 bits per heavy atom. The summed E-state index contributed by atoms with van der Waals surface area (Å²) in [4.78, 5) is 26.5. The maximum atomic E-state index is 12.8. The van der Waals surface area contributed by atoms with Gasteiger partial charge in [-0.2, -0.15) is 0 Å². The number of aryl methyl sites for hydroxylation is 1. The maximum absolute atomic E-state index is 12.8. The third-order valence-electron chi connectivity index (χ3n) is 7.04. The molecular formula is C32H29N5O. The van der Waals surface area contributed by atoms with Gasteiger partial charge in [0.15, 0.2) is 5.65 Å². The molecule has 0 N–H and O–H groups in total. The van der Waals surface area contributed by atoms with Gasteiger partial charge in [-0.05, 0) is 41.8 Å². The number of anilines is 1. The van der Waals surface area contributed by atoms with Crippen LogP contribution in [0.3, 0.4) is 0 Å². The van der Waals surface area contributed by atoms with Crippen LogP contribution in [0.25, 0.3) is 33.9 Å². The molecule has 1 amide bonds. The molecule has 0 aliphatic carbocycles. The number of nitrogens with zero attached hydrogens (tertiary/aromatic N) is 5. The lowest BCUT2D eigenvalue weighted by Gasteiger charge is -2.35. The Balaban J connectivity index is 1.32. The summed E-state index contributed by atoms with van der Waals surface area (Å²) in [6.45, 7) is 4.80. The molecule has 1 saturated heterocycles. The van der Waals surface area contributed by atoms with Crippen molar-refractivity contribution in [2.75, 3.05) is 31.1 Å². The van der Waals surface area contributed by atoms with E-state index in [0.29, 0.717) is 26.2 Å². The molecule has 6 heteroatoms. The van der Waals surface area contributed by atoms with E-state index in [0.717, 1.165) is 39.2 Å². The second kappa shape index (κ2) is 10.3. The Morgan fingerprint density at radius 1 is 0.842 bits per heavy atom. The normalized spacial score (nSPS) is 13.9. The first-order valence-electron chi connectivity index (χ1n) is 12.9. The minimum atomic E-state index is 0.0388. The maximum Gasteiger partial charge on any atom is 0.246 e. The molecule has 6 rings (SSSR count). The predicted octanol–water partition coefficient (Wildman–Crippen LogP) is 5.76. The van der Waals surface area contributed by atoms with Crippen LogP contribution >= 0.6 is 0 Å². The molecule has 0 unspecified atom stereocenters. The molecule has 0 radical (unpaired) electrons. The van der Waals surface area contributed by atoms with Crippen molar-refractivity contribution in [2.24, 2.45) is 0 Å². The fourth-order valence-corrected chi connectivity index (χ4v) is 5.07. The van der Waals surface area contributed by atoms with Gasteiger partial charge in [0.25, 0.3) is 0 Å². The second-order valence-electron chi connectivity index (χ2n) is 9.57. The van der Waals surface area contributed by atoms with E-state index >= 15 is 0 Å². The topological polar surface area (TPSA) is 54.3 Å². The molecule has 1 fully saturated rings. The highest BCUT2D eigenvalue weighted by atomic mass is 16.2. The van der Waals surface area contributed by atoms with Gasteiger partial charge >= 0.3 is 0 Å². The quantitative estimate of drug-likeness (QED) is 0.289. The van der Waals surface area contributed by atoms with E-state index in [2.05, 4.69) is 71.1 Å². The van der Waals surface area contributed by atoms with Gasteiger partial charge in [0.1, 0.15) is 12.1 Å². The monoisotopic (exact) mass is 499 g/mol. The molecule has 3 heterocycles. The van der Waals surface area contributed by atoms with Crippen LogP contribution in [0.1, 0.15) is 11.1 Å². The summed E-state index contributed by atoms with van der Waals surface area (Å²) < 4.78 is 2.16. The van der Waals surface area contributed by atoms with E-state index in [4.69, 9.17) is 9.97 Å². The Morgan fingerprint density at radius 3 is 2.32 bits per heavy atom. The molecule has 0 atom stereocenters. The average molecular weight is 500 g/mol. The van der Waals surface area contributed by atoms with E-state index < -0.39 is 0 Å². The van der Waals surface area contributed by atoms with E-state index in [1.807, 2.05) is 47.4 Å². The summed E-state index contributed by atoms with van der Waals surface area (Å²) in [5, 5.41) is 1.03. The van der Waals surface area contributed by atoms with Crippen LogP contribution in [0.2, 0.25) is 0 Å². The van der Waals surface area contributed by atoms with Crippen LogP contribution in [0.4, 0.5) is 5.82 Å². The minimum Gasteiger partial charge on any atom is -0.352 e. The highest BCUT2D eigenvalue weighted by molar-refractivity contribution is 6.02. The molecule has 5 aromatic rings. The summed E-state index contributed by atoms with van der Waals surface area (Å²) in [5.41, 5.74) is 6.39. The number of rotatable bonds is 5. The third-order valence-corrected chi connectivity index (χ3v) is 7.04. The molecule has 0 bridgehead atoms. The summed E-state index contributed by atoms with van der Waals surface area (Å²) in [6, 6.07) is 28.8. The molecule has 3 aromatic carbocycles. The largest absolute Gasteiger partial charge is 0.352 e. The number of carbonyl (C=O) groups is 1. The van der Waals surface area contributed by atoms with Crippen LogP contribution in [0, 0.1) is 6.92 Å². The first kappa shape index (κ1) is 23.7. The number of benzene rings is 3. The highest BCUT2D eigenvalue weighted by Gasteiger charge is 2.25. The number of hydrogen-bond donors (Lipinski definition) is 0. The van der Waals surface area contributed by atoms with Gasteiger partial charge in [0.2, 0.25) is 5.91 Å². The van der Waals surface area contributed by atoms with Gasteiger partial charge in [-0.3, -0.25) is 4.79 Å². The van der Waals surface area contributed by atoms with Gasteiger partial charge in [0, 0.05) is 49.7 Å². The van der Waals surface area contributed by atoms with Crippen molar-refractivity contribution in [3.05, 3.63) is 115 Å². The van der Waals surface area contributed by atoms with E-state index in [1.54, 1.807) is 12.4 Å². The fraction of sp³-hybridized carbons (Fsp3) is 0.156. The molecule has 0 saturated carbocycles. The van der Waals surface area contributed by atoms with Gasteiger partial charge in [-0.15, -0.1) is 0 Å². The number of piperazine rings is 1. The molecule has 0 spiro atoms. The molecular weight excluding hydrogens is 470 g/mol. The number of fused-ring (bicyclic) bond motifs is 1. The smallest absolute Gasteiger partial charge is 0.246 e. The van der Waals surface area contributed by atoms with Crippen LogP contribution in [-0.4, -0.2) is 51.5 Å². The molecule has 38 heavy (non-hydrogen) atoms. The van der Waals surface area contributed by atoms with Gasteiger partial charge < -0.3 is 14.4 Å². The van der Waals surface area contributed by atoms with E-state index in [-0.39, 0.29) is 5.91 Å². The Bertz CT molecular complexity index is 1600. The first-order valence-corrected chi connectivity index (χ1v) is 12.9. The fourth-order valence-electron chi connectivity index (χ4n) is 5.07. The van der Waals surface area contributed by atoms with Crippen LogP contribution in [0.5, 0.6) is 0 Å². The standard InChI is InChI=1S/C32H29N5O/c1-24-9-8-14-27(21-24)37-22-28(26-12-6-3-7-13-26)30-31(33-23-34-32(30)37)36-19-17-35(18-20-36)29(38)16-15-25-10-4-2-5-11-25/h2-16,21-23H,17-20H2,1H3/b16-15+. The van der Waals surface area contributed by atoms with Gasteiger partial charge in [0.05, 0.1) is 5.39 Å². The van der Waals surface area contributed by atoms with Crippen molar-refractivity contribution in [3.8, 4) is 16.8 Å². The van der Waals surface area contributed by atoms with Crippen LogP contribution in [0.15, 0.2) is 104 Å². The molecule has 188 valence electrons.